The van der Waals surface area contributed by atoms with Gasteiger partial charge in [-0.2, -0.15) is 0 Å². The summed E-state index contributed by atoms with van der Waals surface area (Å²) in [5.74, 6) is -1.76. The van der Waals surface area contributed by atoms with E-state index in [0.29, 0.717) is 43.2 Å². The van der Waals surface area contributed by atoms with Gasteiger partial charge in [0, 0.05) is 61.8 Å². The Morgan fingerprint density at radius 3 is 1.67 bits per heavy atom. The molecule has 0 aliphatic carbocycles. The molecule has 1 heterocycles. The molecule has 0 saturated heterocycles. The Kier molecular flexibility index (Phi) is 14.0. The van der Waals surface area contributed by atoms with E-state index in [-0.39, 0.29) is 67.3 Å². The van der Waals surface area contributed by atoms with Crippen molar-refractivity contribution in [2.75, 3.05) is 0 Å². The molecule has 0 amide bonds. The van der Waals surface area contributed by atoms with E-state index in [1.807, 2.05) is 34.6 Å². The van der Waals surface area contributed by atoms with E-state index in [1.165, 1.54) is 24.3 Å². The second-order valence-electron chi connectivity index (χ2n) is 11.0. The van der Waals surface area contributed by atoms with Crippen LogP contribution in [0.15, 0.2) is 30.3 Å². The number of ether oxygens (including phenoxy) is 6. The summed E-state index contributed by atoms with van der Waals surface area (Å²) in [5, 5.41) is 0. The number of fused-ring (bicyclic) bond motifs is 1. The third kappa shape index (κ3) is 10.3. The van der Waals surface area contributed by atoms with Crippen LogP contribution in [0, 0.1) is 0 Å². The second-order valence-corrected chi connectivity index (χ2v) is 11.0. The van der Waals surface area contributed by atoms with Gasteiger partial charge in [0.15, 0.2) is 17.6 Å². The van der Waals surface area contributed by atoms with Gasteiger partial charge >= 0.3 is 29.8 Å². The van der Waals surface area contributed by atoms with E-state index in [2.05, 4.69) is 0 Å². The smallest absolute Gasteiger partial charge is 0.311 e. The van der Waals surface area contributed by atoms with Gasteiger partial charge < -0.3 is 28.4 Å². The summed E-state index contributed by atoms with van der Waals surface area (Å²) in [6.45, 7) is 9.23. The van der Waals surface area contributed by atoms with E-state index in [9.17, 15) is 24.0 Å². The van der Waals surface area contributed by atoms with E-state index < -0.39 is 42.1 Å². The molecule has 1 aliphatic rings. The van der Waals surface area contributed by atoms with E-state index >= 15 is 0 Å². The lowest BCUT2D eigenvalue weighted by Gasteiger charge is -2.34. The summed E-state index contributed by atoms with van der Waals surface area (Å²) in [6, 6.07) is 7.64. The molecule has 11 heteroatoms. The quantitative estimate of drug-likeness (QED) is 0.140. The molecule has 2 aromatic rings. The third-order valence-corrected chi connectivity index (χ3v) is 6.89. The van der Waals surface area contributed by atoms with Crippen LogP contribution >= 0.6 is 0 Å². The van der Waals surface area contributed by atoms with Crippen LogP contribution in [0.3, 0.4) is 0 Å². The number of carbonyl (C=O) groups is 5. The highest BCUT2D eigenvalue weighted by molar-refractivity contribution is 5.77. The summed E-state index contributed by atoms with van der Waals surface area (Å²) >= 11 is 0. The number of hydrogen-bond acceptors (Lipinski definition) is 11. The van der Waals surface area contributed by atoms with Crippen LogP contribution in [-0.4, -0.2) is 36.0 Å². The van der Waals surface area contributed by atoms with Crippen molar-refractivity contribution in [1.82, 2.24) is 0 Å². The van der Waals surface area contributed by atoms with Gasteiger partial charge in [0.25, 0.3) is 0 Å². The molecule has 1 aliphatic heterocycles. The van der Waals surface area contributed by atoms with Crippen LogP contribution in [0.1, 0.15) is 116 Å². The van der Waals surface area contributed by atoms with E-state index in [1.54, 1.807) is 6.07 Å². The lowest BCUT2D eigenvalue weighted by atomic mass is 9.93. The normalized spacial score (nSPS) is 15.2. The molecule has 11 nitrogen and oxygen atoms in total. The topological polar surface area (TPSA) is 141 Å². The van der Waals surface area contributed by atoms with Gasteiger partial charge in [-0.05, 0) is 44.2 Å². The van der Waals surface area contributed by atoms with Gasteiger partial charge in [0.05, 0.1) is 0 Å². The van der Waals surface area contributed by atoms with Crippen LogP contribution in [0.4, 0.5) is 0 Å². The largest absolute Gasteiger partial charge is 0.481 e. The second kappa shape index (κ2) is 17.9. The van der Waals surface area contributed by atoms with Crippen molar-refractivity contribution in [3.63, 3.8) is 0 Å². The summed E-state index contributed by atoms with van der Waals surface area (Å²) in [5.41, 5.74) is 0.928. The van der Waals surface area contributed by atoms with Crippen molar-refractivity contribution in [3.05, 3.63) is 41.5 Å². The van der Waals surface area contributed by atoms with E-state index in [4.69, 9.17) is 28.4 Å². The van der Waals surface area contributed by atoms with Crippen molar-refractivity contribution >= 4 is 29.8 Å². The van der Waals surface area contributed by atoms with Crippen LogP contribution in [0.5, 0.6) is 28.7 Å². The fourth-order valence-electron chi connectivity index (χ4n) is 4.78. The maximum Gasteiger partial charge on any atom is 0.311 e. The zero-order valence-corrected chi connectivity index (χ0v) is 27.3. The first kappa shape index (κ1) is 36.1. The molecule has 46 heavy (non-hydrogen) atoms. The standard InChI is InChI=1S/C35H44O11/c1-6-11-30(36)41-23-19-26(43-32(38)13-8-3)24-21-29(45-34(40)15-10-5)35(46-27(24)20-23)22-16-17-25(42-31(37)12-7-2)28(18-22)44-33(39)14-9-4/h16-20,29,35H,6-15,21H2,1-5H3. The molecule has 0 fully saturated rings. The SMILES string of the molecule is CCCC(=O)Oc1cc(OC(=O)CCC)c2c(c1)OC(c1ccc(OC(=O)CCC)c(OC(=O)CCC)c1)C(OC(=O)CCC)C2. The summed E-state index contributed by atoms with van der Waals surface area (Å²) in [4.78, 5) is 62.5. The molecule has 2 aromatic carbocycles. The van der Waals surface area contributed by atoms with Crippen LogP contribution in [-0.2, 0) is 35.1 Å². The van der Waals surface area contributed by atoms with Gasteiger partial charge in [-0.15, -0.1) is 0 Å². The minimum absolute atomic E-state index is 0.0184. The lowest BCUT2D eigenvalue weighted by molar-refractivity contribution is -0.155. The first-order valence-electron chi connectivity index (χ1n) is 16.1. The molecular weight excluding hydrogens is 596 g/mol. The molecule has 2 unspecified atom stereocenters. The van der Waals surface area contributed by atoms with Gasteiger partial charge in [0.2, 0.25) is 0 Å². The maximum atomic E-state index is 12.8. The Labute approximate surface area is 269 Å². The molecule has 0 saturated carbocycles. The van der Waals surface area contributed by atoms with Crippen molar-refractivity contribution in [3.8, 4) is 28.7 Å². The first-order chi connectivity index (χ1) is 22.1. The van der Waals surface area contributed by atoms with Crippen LogP contribution in [0.2, 0.25) is 0 Å². The average Bonchev–Trinajstić information content (AvgIpc) is 2.98. The van der Waals surface area contributed by atoms with Gasteiger partial charge in [-0.3, -0.25) is 24.0 Å². The Morgan fingerprint density at radius 1 is 0.609 bits per heavy atom. The summed E-state index contributed by atoms with van der Waals surface area (Å²) in [6.07, 6.45) is 2.01. The van der Waals surface area contributed by atoms with Crippen molar-refractivity contribution < 1.29 is 52.4 Å². The highest BCUT2D eigenvalue weighted by atomic mass is 16.6. The molecule has 3 rings (SSSR count). The van der Waals surface area contributed by atoms with Gasteiger partial charge in [-0.25, -0.2) is 0 Å². The van der Waals surface area contributed by atoms with Crippen LogP contribution in [0.25, 0.3) is 0 Å². The summed E-state index contributed by atoms with van der Waals surface area (Å²) < 4.78 is 34.6. The van der Waals surface area contributed by atoms with E-state index in [0.717, 1.165) is 0 Å². The Morgan fingerprint density at radius 2 is 1.11 bits per heavy atom. The predicted octanol–water partition coefficient (Wildman–Crippen LogP) is 6.90. The lowest BCUT2D eigenvalue weighted by Crippen LogP contribution is -2.35. The molecular formula is C35H44O11. The van der Waals surface area contributed by atoms with Crippen LogP contribution < -0.4 is 23.7 Å². The molecule has 0 aromatic heterocycles. The zero-order chi connectivity index (χ0) is 33.6. The van der Waals surface area contributed by atoms with Crippen molar-refractivity contribution in [1.29, 1.82) is 0 Å². The Hall–Kier alpha value is -4.41. The highest BCUT2D eigenvalue weighted by Gasteiger charge is 2.37. The Bertz CT molecular complexity index is 1400. The fourth-order valence-corrected chi connectivity index (χ4v) is 4.78. The minimum atomic E-state index is -0.918. The fraction of sp³-hybridized carbons (Fsp3) is 0.514. The van der Waals surface area contributed by atoms with Gasteiger partial charge in [-0.1, -0.05) is 40.7 Å². The molecule has 0 N–H and O–H groups in total. The average molecular weight is 641 g/mol. The van der Waals surface area contributed by atoms with Gasteiger partial charge in [0.1, 0.15) is 23.4 Å². The zero-order valence-electron chi connectivity index (χ0n) is 27.3. The summed E-state index contributed by atoms with van der Waals surface area (Å²) in [7, 11) is 0. The third-order valence-electron chi connectivity index (χ3n) is 6.89. The van der Waals surface area contributed by atoms with Crippen molar-refractivity contribution in [2.24, 2.45) is 0 Å². The molecule has 250 valence electrons. The number of benzene rings is 2. The molecule has 0 bridgehead atoms. The van der Waals surface area contributed by atoms with Crippen molar-refractivity contribution in [2.45, 2.75) is 117 Å². The number of rotatable bonds is 16. The Balaban J connectivity index is 2.11. The minimum Gasteiger partial charge on any atom is -0.481 e. The molecule has 0 spiro atoms. The maximum absolute atomic E-state index is 12.8. The predicted molar refractivity (Wildman–Crippen MR) is 167 cm³/mol. The first-order valence-corrected chi connectivity index (χ1v) is 16.1. The molecule has 2 atom stereocenters. The number of esters is 5. The highest BCUT2D eigenvalue weighted by Crippen LogP contribution is 2.45. The number of carbonyl (C=O) groups excluding carboxylic acids is 5. The monoisotopic (exact) mass is 640 g/mol. The molecule has 0 radical (unpaired) electrons. The number of hydrogen-bond donors (Lipinski definition) is 0.